The Morgan fingerprint density at radius 2 is 1.56 bits per heavy atom. The normalized spacial score (nSPS) is 13.2. The smallest absolute Gasteiger partial charge is 0.408 e. The SMILES string of the molecule is CCCCCCN(C(=O)C(CCC(N)=O)NC(=O)OC(C)(C)C)C(C(=O)NC(C)(C)C)c1ccc(CC)cc1. The fourth-order valence-electron chi connectivity index (χ4n) is 4.12. The lowest BCUT2D eigenvalue weighted by atomic mass is 9.98. The van der Waals surface area contributed by atoms with Crippen molar-refractivity contribution >= 4 is 23.8 Å². The molecule has 0 saturated carbocycles. The van der Waals surface area contributed by atoms with Gasteiger partial charge in [-0.05, 0) is 71.9 Å². The Morgan fingerprint density at radius 1 is 0.949 bits per heavy atom. The molecule has 1 aromatic rings. The monoisotopic (exact) mass is 546 g/mol. The Balaban J connectivity index is 3.55. The van der Waals surface area contributed by atoms with Crippen molar-refractivity contribution in [3.05, 3.63) is 35.4 Å². The average Bonchev–Trinajstić information content (AvgIpc) is 2.81. The number of hydrogen-bond acceptors (Lipinski definition) is 5. The molecule has 39 heavy (non-hydrogen) atoms. The number of carbonyl (C=O) groups excluding carboxylic acids is 4. The quantitative estimate of drug-likeness (QED) is 0.289. The Bertz CT molecular complexity index is 948. The van der Waals surface area contributed by atoms with E-state index in [0.717, 1.165) is 31.2 Å². The largest absolute Gasteiger partial charge is 0.444 e. The van der Waals surface area contributed by atoms with Crippen LogP contribution in [0.4, 0.5) is 4.79 Å². The van der Waals surface area contributed by atoms with Crippen LogP contribution in [0.5, 0.6) is 0 Å². The summed E-state index contributed by atoms with van der Waals surface area (Å²) >= 11 is 0. The summed E-state index contributed by atoms with van der Waals surface area (Å²) < 4.78 is 5.39. The minimum absolute atomic E-state index is 0.0126. The predicted molar refractivity (Wildman–Crippen MR) is 154 cm³/mol. The van der Waals surface area contributed by atoms with Crippen LogP contribution < -0.4 is 16.4 Å². The van der Waals surface area contributed by atoms with Gasteiger partial charge in [-0.25, -0.2) is 4.79 Å². The maximum atomic E-state index is 14.2. The number of rotatable bonds is 14. The third kappa shape index (κ3) is 13.0. The zero-order chi connectivity index (χ0) is 29.8. The van der Waals surface area contributed by atoms with Crippen molar-refractivity contribution < 1.29 is 23.9 Å². The van der Waals surface area contributed by atoms with E-state index in [1.807, 2.05) is 52.0 Å². The highest BCUT2D eigenvalue weighted by Crippen LogP contribution is 2.26. The number of nitrogens with two attached hydrogens (primary N) is 1. The predicted octanol–water partition coefficient (Wildman–Crippen LogP) is 4.77. The topological polar surface area (TPSA) is 131 Å². The van der Waals surface area contributed by atoms with E-state index in [4.69, 9.17) is 10.5 Å². The van der Waals surface area contributed by atoms with Crippen LogP contribution in [0.3, 0.4) is 0 Å². The lowest BCUT2D eigenvalue weighted by Crippen LogP contribution is -2.55. The van der Waals surface area contributed by atoms with Gasteiger partial charge in [-0.3, -0.25) is 14.4 Å². The minimum atomic E-state index is -1.10. The number of alkyl carbamates (subject to hydrolysis) is 1. The van der Waals surface area contributed by atoms with Gasteiger partial charge in [-0.2, -0.15) is 0 Å². The summed E-state index contributed by atoms with van der Waals surface area (Å²) in [6.07, 6.45) is 3.51. The molecule has 0 heterocycles. The second-order valence-electron chi connectivity index (χ2n) is 12.0. The first-order chi connectivity index (χ1) is 18.1. The van der Waals surface area contributed by atoms with Gasteiger partial charge < -0.3 is 26.0 Å². The molecular formula is C30H50N4O5. The third-order valence-electron chi connectivity index (χ3n) is 5.97. The summed E-state index contributed by atoms with van der Waals surface area (Å²) in [5, 5.41) is 5.66. The Kier molecular flexibility index (Phi) is 13.5. The van der Waals surface area contributed by atoms with Crippen LogP contribution in [-0.4, -0.2) is 52.4 Å². The first kappa shape index (κ1) is 33.9. The number of carbonyl (C=O) groups is 4. The molecule has 9 nitrogen and oxygen atoms in total. The van der Waals surface area contributed by atoms with E-state index in [0.29, 0.717) is 18.5 Å². The highest BCUT2D eigenvalue weighted by Gasteiger charge is 2.37. The molecule has 0 bridgehead atoms. The lowest BCUT2D eigenvalue weighted by Gasteiger charge is -2.36. The summed E-state index contributed by atoms with van der Waals surface area (Å²) in [6, 6.07) is 5.63. The van der Waals surface area contributed by atoms with E-state index in [9.17, 15) is 19.2 Å². The van der Waals surface area contributed by atoms with Gasteiger partial charge in [0, 0.05) is 18.5 Å². The first-order valence-corrected chi connectivity index (χ1v) is 14.1. The summed E-state index contributed by atoms with van der Waals surface area (Å²) in [5.74, 6) is -1.38. The molecule has 0 aliphatic carbocycles. The molecule has 2 unspecified atom stereocenters. The van der Waals surface area contributed by atoms with Gasteiger partial charge in [0.05, 0.1) is 0 Å². The maximum Gasteiger partial charge on any atom is 0.408 e. The Morgan fingerprint density at radius 3 is 2.05 bits per heavy atom. The molecule has 0 radical (unpaired) electrons. The number of nitrogens with zero attached hydrogens (tertiary/aromatic N) is 1. The van der Waals surface area contributed by atoms with Crippen molar-refractivity contribution in [3.63, 3.8) is 0 Å². The van der Waals surface area contributed by atoms with E-state index < -0.39 is 41.1 Å². The number of primary amides is 1. The molecule has 4 amide bonds. The average molecular weight is 547 g/mol. The van der Waals surface area contributed by atoms with Crippen molar-refractivity contribution in [2.75, 3.05) is 6.54 Å². The van der Waals surface area contributed by atoms with Crippen molar-refractivity contribution in [1.29, 1.82) is 0 Å². The Hall–Kier alpha value is -3.10. The van der Waals surface area contributed by atoms with Crippen LogP contribution in [0.15, 0.2) is 24.3 Å². The maximum absolute atomic E-state index is 14.2. The van der Waals surface area contributed by atoms with E-state index in [-0.39, 0.29) is 18.7 Å². The van der Waals surface area contributed by atoms with Crippen LogP contribution in [0.25, 0.3) is 0 Å². The van der Waals surface area contributed by atoms with E-state index in [1.54, 1.807) is 20.8 Å². The van der Waals surface area contributed by atoms with E-state index >= 15 is 0 Å². The lowest BCUT2D eigenvalue weighted by molar-refractivity contribution is -0.143. The summed E-state index contributed by atoms with van der Waals surface area (Å²) in [7, 11) is 0. The number of amides is 4. The van der Waals surface area contributed by atoms with Gasteiger partial charge in [-0.15, -0.1) is 0 Å². The van der Waals surface area contributed by atoms with Crippen molar-refractivity contribution in [2.45, 2.75) is 124 Å². The fourth-order valence-corrected chi connectivity index (χ4v) is 4.12. The van der Waals surface area contributed by atoms with Crippen molar-refractivity contribution in [3.8, 4) is 0 Å². The number of ether oxygens (including phenoxy) is 1. The molecule has 4 N–H and O–H groups in total. The van der Waals surface area contributed by atoms with Gasteiger partial charge in [0.2, 0.25) is 17.7 Å². The van der Waals surface area contributed by atoms with Crippen LogP contribution in [0.1, 0.15) is 111 Å². The van der Waals surface area contributed by atoms with Gasteiger partial charge in [0.15, 0.2) is 0 Å². The van der Waals surface area contributed by atoms with Gasteiger partial charge in [0.25, 0.3) is 0 Å². The minimum Gasteiger partial charge on any atom is -0.444 e. The molecule has 1 aromatic carbocycles. The standard InChI is InChI=1S/C30H50N4O5/c1-9-11-12-13-20-34(27(37)23(18-19-24(31)35)32-28(38)39-30(6,7)8)25(26(36)33-29(3,4)5)22-16-14-21(10-2)15-17-22/h14-17,23,25H,9-13,18-20H2,1-8H3,(H2,31,35)(H,32,38)(H,33,36). The molecule has 0 aliphatic heterocycles. The molecule has 2 atom stereocenters. The zero-order valence-corrected chi connectivity index (χ0v) is 25.2. The van der Waals surface area contributed by atoms with Gasteiger partial charge >= 0.3 is 6.09 Å². The number of hydrogen-bond donors (Lipinski definition) is 3. The molecule has 0 aliphatic rings. The molecule has 9 heteroatoms. The van der Waals surface area contributed by atoms with Crippen LogP contribution >= 0.6 is 0 Å². The third-order valence-corrected chi connectivity index (χ3v) is 5.97. The zero-order valence-electron chi connectivity index (χ0n) is 25.2. The van der Waals surface area contributed by atoms with Crippen molar-refractivity contribution in [2.24, 2.45) is 5.73 Å². The summed E-state index contributed by atoms with van der Waals surface area (Å²) in [5.41, 5.74) is 5.86. The molecule has 0 aromatic heterocycles. The summed E-state index contributed by atoms with van der Waals surface area (Å²) in [4.78, 5) is 53.7. The Labute approximate surface area is 234 Å². The van der Waals surface area contributed by atoms with E-state index in [2.05, 4.69) is 17.6 Å². The first-order valence-electron chi connectivity index (χ1n) is 14.1. The highest BCUT2D eigenvalue weighted by molar-refractivity contribution is 5.92. The molecule has 0 saturated heterocycles. The van der Waals surface area contributed by atoms with Gasteiger partial charge in [0.1, 0.15) is 17.7 Å². The van der Waals surface area contributed by atoms with E-state index in [1.165, 1.54) is 4.90 Å². The number of aryl methyl sites for hydroxylation is 1. The van der Waals surface area contributed by atoms with Gasteiger partial charge in [-0.1, -0.05) is 57.4 Å². The fraction of sp³-hybridized carbons (Fsp3) is 0.667. The number of unbranched alkanes of at least 4 members (excludes halogenated alkanes) is 3. The molecule has 0 spiro atoms. The van der Waals surface area contributed by atoms with Crippen LogP contribution in [0, 0.1) is 0 Å². The molecule has 0 fully saturated rings. The van der Waals surface area contributed by atoms with Crippen LogP contribution in [0.2, 0.25) is 0 Å². The second-order valence-corrected chi connectivity index (χ2v) is 12.0. The van der Waals surface area contributed by atoms with Crippen molar-refractivity contribution in [1.82, 2.24) is 15.5 Å². The molecule has 220 valence electrons. The number of nitrogens with one attached hydrogen (secondary N) is 2. The molecule has 1 rings (SSSR count). The summed E-state index contributed by atoms with van der Waals surface area (Å²) in [6.45, 7) is 15.3. The molecular weight excluding hydrogens is 496 g/mol. The highest BCUT2D eigenvalue weighted by atomic mass is 16.6. The van der Waals surface area contributed by atoms with Crippen LogP contribution in [-0.2, 0) is 25.5 Å². The number of benzene rings is 1. The second kappa shape index (κ2) is 15.5.